The number of carbonyl (C=O) groups is 1. The minimum Gasteiger partial charge on any atom is -0.377 e. The van der Waals surface area contributed by atoms with Crippen LogP contribution >= 0.6 is 11.3 Å². The Balaban J connectivity index is 1.53. The normalized spacial score (nSPS) is 15.9. The van der Waals surface area contributed by atoms with E-state index in [-0.39, 0.29) is 11.9 Å². The molecular weight excluding hydrogens is 460 g/mol. The SMILES string of the molecule is COCc1nnc(-c2ccc(C(=O)N(c3nccc4cc(C)cc(C)c34)[C@@H]3CCCNC3)cn2)s1. The van der Waals surface area contributed by atoms with Gasteiger partial charge in [-0.15, -0.1) is 10.2 Å². The lowest BCUT2D eigenvalue weighted by Crippen LogP contribution is -2.49. The molecule has 1 aliphatic heterocycles. The molecule has 0 spiro atoms. The second kappa shape index (κ2) is 10.2. The monoisotopic (exact) mass is 488 g/mol. The number of amides is 1. The second-order valence-electron chi connectivity index (χ2n) is 8.86. The zero-order valence-electron chi connectivity index (χ0n) is 20.1. The van der Waals surface area contributed by atoms with Crippen molar-refractivity contribution in [1.82, 2.24) is 25.5 Å². The third-order valence-corrected chi connectivity index (χ3v) is 7.15. The quantitative estimate of drug-likeness (QED) is 0.432. The van der Waals surface area contributed by atoms with Crippen molar-refractivity contribution in [2.24, 2.45) is 0 Å². The zero-order valence-corrected chi connectivity index (χ0v) is 20.9. The summed E-state index contributed by atoms with van der Waals surface area (Å²) >= 11 is 1.43. The lowest BCUT2D eigenvalue weighted by Gasteiger charge is -2.35. The summed E-state index contributed by atoms with van der Waals surface area (Å²) in [6, 6.07) is 9.95. The van der Waals surface area contributed by atoms with E-state index >= 15 is 0 Å². The Hall–Kier alpha value is -3.27. The van der Waals surface area contributed by atoms with Gasteiger partial charge in [0.1, 0.15) is 16.5 Å². The highest BCUT2D eigenvalue weighted by atomic mass is 32.1. The third kappa shape index (κ3) is 4.80. The van der Waals surface area contributed by atoms with Crippen molar-refractivity contribution >= 4 is 33.8 Å². The fourth-order valence-corrected chi connectivity index (χ4v) is 5.47. The molecule has 4 heterocycles. The summed E-state index contributed by atoms with van der Waals surface area (Å²) in [7, 11) is 1.63. The Labute approximate surface area is 208 Å². The first-order valence-corrected chi connectivity index (χ1v) is 12.5. The van der Waals surface area contributed by atoms with Crippen LogP contribution in [-0.4, -0.2) is 52.3 Å². The molecule has 8 nitrogen and oxygen atoms in total. The fourth-order valence-electron chi connectivity index (χ4n) is 4.69. The predicted octanol–water partition coefficient (Wildman–Crippen LogP) is 4.31. The lowest BCUT2D eigenvalue weighted by atomic mass is 10.00. The molecule has 1 aliphatic rings. The largest absolute Gasteiger partial charge is 0.377 e. The zero-order chi connectivity index (χ0) is 24.4. The minimum atomic E-state index is -0.102. The standard InChI is InChI=1S/C26H28N6O2S/c1-16-11-17(2)23-18(12-16)8-10-28-24(23)32(20-5-4-9-27-14-20)26(33)19-6-7-21(29-13-19)25-31-30-22(35-25)15-34-3/h6-8,10-13,20,27H,4-5,9,14-15H2,1-3H3/t20-/m1/s1. The van der Waals surface area contributed by atoms with Crippen LogP contribution in [0.1, 0.15) is 39.3 Å². The smallest absolute Gasteiger partial charge is 0.261 e. The number of aryl methyl sites for hydroxylation is 2. The molecule has 1 N–H and O–H groups in total. The number of anilines is 1. The van der Waals surface area contributed by atoms with E-state index in [1.165, 1.54) is 16.9 Å². The average molecular weight is 489 g/mol. The van der Waals surface area contributed by atoms with Gasteiger partial charge >= 0.3 is 0 Å². The highest BCUT2D eigenvalue weighted by Gasteiger charge is 2.30. The van der Waals surface area contributed by atoms with Crippen LogP contribution in [0.2, 0.25) is 0 Å². The first-order valence-electron chi connectivity index (χ1n) is 11.7. The maximum Gasteiger partial charge on any atom is 0.261 e. The number of hydrogen-bond donors (Lipinski definition) is 1. The number of hydrogen-bond acceptors (Lipinski definition) is 8. The Kier molecular flexibility index (Phi) is 6.81. The van der Waals surface area contributed by atoms with Gasteiger partial charge in [0.15, 0.2) is 5.01 Å². The molecule has 180 valence electrons. The van der Waals surface area contributed by atoms with Crippen LogP contribution in [0.4, 0.5) is 5.82 Å². The Morgan fingerprint density at radius 2 is 2.09 bits per heavy atom. The molecule has 3 aromatic heterocycles. The van der Waals surface area contributed by atoms with Crippen molar-refractivity contribution in [1.29, 1.82) is 0 Å². The van der Waals surface area contributed by atoms with Crippen LogP contribution in [0.3, 0.4) is 0 Å². The van der Waals surface area contributed by atoms with E-state index in [1.807, 2.05) is 23.1 Å². The van der Waals surface area contributed by atoms with Crippen LogP contribution in [0.15, 0.2) is 42.7 Å². The van der Waals surface area contributed by atoms with Gasteiger partial charge in [-0.3, -0.25) is 14.7 Å². The van der Waals surface area contributed by atoms with Gasteiger partial charge in [-0.1, -0.05) is 29.0 Å². The third-order valence-electron chi connectivity index (χ3n) is 6.23. The molecule has 0 bridgehead atoms. The number of rotatable bonds is 6. The number of nitrogens with zero attached hydrogens (tertiary/aromatic N) is 5. The molecule has 35 heavy (non-hydrogen) atoms. The number of methoxy groups -OCH3 is 1. The molecule has 5 rings (SSSR count). The van der Waals surface area contributed by atoms with E-state index in [0.717, 1.165) is 47.3 Å². The molecule has 9 heteroatoms. The van der Waals surface area contributed by atoms with E-state index < -0.39 is 0 Å². The van der Waals surface area contributed by atoms with Crippen molar-refractivity contribution < 1.29 is 9.53 Å². The first-order chi connectivity index (χ1) is 17.0. The maximum absolute atomic E-state index is 14.0. The number of benzene rings is 1. The van der Waals surface area contributed by atoms with E-state index in [4.69, 9.17) is 9.72 Å². The summed E-state index contributed by atoms with van der Waals surface area (Å²) < 4.78 is 5.13. The highest BCUT2D eigenvalue weighted by molar-refractivity contribution is 7.14. The maximum atomic E-state index is 14.0. The van der Waals surface area contributed by atoms with Gasteiger partial charge in [-0.05, 0) is 62.4 Å². The van der Waals surface area contributed by atoms with Crippen molar-refractivity contribution in [3.63, 3.8) is 0 Å². The summed E-state index contributed by atoms with van der Waals surface area (Å²) in [6.07, 6.45) is 5.34. The van der Waals surface area contributed by atoms with Crippen LogP contribution in [-0.2, 0) is 11.3 Å². The van der Waals surface area contributed by atoms with Crippen LogP contribution in [0, 0.1) is 13.8 Å². The molecule has 1 atom stereocenters. The summed E-state index contributed by atoms with van der Waals surface area (Å²) in [5.41, 5.74) is 3.50. The summed E-state index contributed by atoms with van der Waals surface area (Å²) in [5, 5.41) is 15.4. The summed E-state index contributed by atoms with van der Waals surface area (Å²) in [4.78, 5) is 25.1. The molecule has 1 amide bonds. The van der Waals surface area contributed by atoms with Gasteiger partial charge in [0.05, 0.1) is 18.2 Å². The second-order valence-corrected chi connectivity index (χ2v) is 9.92. The number of fused-ring (bicyclic) bond motifs is 1. The van der Waals surface area contributed by atoms with Crippen LogP contribution in [0.5, 0.6) is 0 Å². The highest BCUT2D eigenvalue weighted by Crippen LogP contribution is 2.32. The number of carbonyl (C=O) groups excluding carboxylic acids is 1. The molecule has 0 aliphatic carbocycles. The molecule has 0 unspecified atom stereocenters. The van der Waals surface area contributed by atoms with Crippen molar-refractivity contribution in [2.45, 2.75) is 39.3 Å². The van der Waals surface area contributed by atoms with Crippen molar-refractivity contribution in [3.05, 3.63) is 64.4 Å². The van der Waals surface area contributed by atoms with E-state index in [9.17, 15) is 4.79 Å². The molecule has 1 fully saturated rings. The van der Waals surface area contributed by atoms with Gasteiger partial charge in [-0.25, -0.2) is 4.98 Å². The van der Waals surface area contributed by atoms with Crippen molar-refractivity contribution in [2.75, 3.05) is 25.1 Å². The van der Waals surface area contributed by atoms with Gasteiger partial charge in [0.25, 0.3) is 5.91 Å². The average Bonchev–Trinajstić information content (AvgIpc) is 3.33. The van der Waals surface area contributed by atoms with Crippen molar-refractivity contribution in [3.8, 4) is 10.7 Å². The summed E-state index contributed by atoms with van der Waals surface area (Å²) in [5.74, 6) is 0.603. The molecule has 0 saturated carbocycles. The molecule has 4 aromatic rings. The Bertz CT molecular complexity index is 1350. The fraction of sp³-hybridized carbons (Fsp3) is 0.346. The topological polar surface area (TPSA) is 93.1 Å². The summed E-state index contributed by atoms with van der Waals surface area (Å²) in [6.45, 7) is 6.27. The van der Waals surface area contributed by atoms with Crippen LogP contribution in [0.25, 0.3) is 21.5 Å². The number of piperidine rings is 1. The molecule has 1 saturated heterocycles. The number of aromatic nitrogens is 4. The number of pyridine rings is 2. The minimum absolute atomic E-state index is 0.00879. The molecule has 1 aromatic carbocycles. The van der Waals surface area contributed by atoms with Crippen LogP contribution < -0.4 is 10.2 Å². The first kappa shape index (κ1) is 23.5. The van der Waals surface area contributed by atoms with E-state index in [2.05, 4.69) is 46.5 Å². The van der Waals surface area contributed by atoms with Gasteiger partial charge in [0, 0.05) is 31.4 Å². The molecular formula is C26H28N6O2S. The van der Waals surface area contributed by atoms with Gasteiger partial charge in [0.2, 0.25) is 0 Å². The predicted molar refractivity (Wildman–Crippen MR) is 138 cm³/mol. The van der Waals surface area contributed by atoms with Gasteiger partial charge in [-0.2, -0.15) is 0 Å². The Morgan fingerprint density at radius 1 is 1.20 bits per heavy atom. The Morgan fingerprint density at radius 3 is 2.83 bits per heavy atom. The van der Waals surface area contributed by atoms with E-state index in [1.54, 1.807) is 19.5 Å². The number of ether oxygens (including phenoxy) is 1. The van der Waals surface area contributed by atoms with Gasteiger partial charge < -0.3 is 10.1 Å². The molecule has 0 radical (unpaired) electrons. The van der Waals surface area contributed by atoms with E-state index in [0.29, 0.717) is 28.7 Å². The number of nitrogens with one attached hydrogen (secondary N) is 1. The lowest BCUT2D eigenvalue weighted by molar-refractivity contribution is 0.0971.